The van der Waals surface area contributed by atoms with E-state index in [4.69, 9.17) is 9.97 Å². The SMILES string of the molecule is FC(F)(F)c1ccc(Cn2cnc3c(NC4CC4)nc(N4CCN(c5ccccn5)CC4)nc32)cc1. The fourth-order valence-electron chi connectivity index (χ4n) is 4.38. The summed E-state index contributed by atoms with van der Waals surface area (Å²) in [5.41, 5.74) is 1.41. The van der Waals surface area contributed by atoms with E-state index >= 15 is 0 Å². The van der Waals surface area contributed by atoms with Gasteiger partial charge >= 0.3 is 6.18 Å². The average Bonchev–Trinajstić information content (AvgIpc) is 3.62. The summed E-state index contributed by atoms with van der Waals surface area (Å²) in [6, 6.07) is 11.5. The van der Waals surface area contributed by atoms with Gasteiger partial charge in [0.2, 0.25) is 5.95 Å². The minimum atomic E-state index is -4.35. The molecule has 2 fully saturated rings. The Morgan fingerprint density at radius 2 is 1.64 bits per heavy atom. The Morgan fingerprint density at radius 3 is 2.31 bits per heavy atom. The summed E-state index contributed by atoms with van der Waals surface area (Å²) >= 11 is 0. The number of halogens is 3. The van der Waals surface area contributed by atoms with E-state index in [-0.39, 0.29) is 0 Å². The number of rotatable bonds is 6. The number of alkyl halides is 3. The number of nitrogens with one attached hydrogen (secondary N) is 1. The standard InChI is InChI=1S/C25H25F3N8/c26-25(27,28)18-6-4-17(5-7-18)15-36-16-30-21-22(31-19-8-9-19)32-24(33-23(21)36)35-13-11-34(12-14-35)20-3-1-2-10-29-20/h1-7,10,16,19H,8-9,11-15H2,(H,31,32,33). The molecule has 1 saturated heterocycles. The van der Waals surface area contributed by atoms with Crippen molar-refractivity contribution in [2.45, 2.75) is 31.6 Å². The van der Waals surface area contributed by atoms with E-state index in [2.05, 4.69) is 25.1 Å². The van der Waals surface area contributed by atoms with Crippen LogP contribution in [0.25, 0.3) is 11.2 Å². The largest absolute Gasteiger partial charge is 0.416 e. The lowest BCUT2D eigenvalue weighted by molar-refractivity contribution is -0.137. The zero-order valence-electron chi connectivity index (χ0n) is 19.5. The van der Waals surface area contributed by atoms with Gasteiger partial charge in [0.1, 0.15) is 5.82 Å². The van der Waals surface area contributed by atoms with E-state index in [1.165, 1.54) is 12.1 Å². The molecule has 1 aromatic carbocycles. The summed E-state index contributed by atoms with van der Waals surface area (Å²) in [5, 5.41) is 3.48. The summed E-state index contributed by atoms with van der Waals surface area (Å²) in [6.07, 6.45) is 1.31. The maximum atomic E-state index is 13.0. The van der Waals surface area contributed by atoms with Gasteiger partial charge in [0.25, 0.3) is 0 Å². The summed E-state index contributed by atoms with van der Waals surface area (Å²) in [4.78, 5) is 23.1. The van der Waals surface area contributed by atoms with Crippen molar-refractivity contribution in [3.05, 3.63) is 66.1 Å². The van der Waals surface area contributed by atoms with Crippen LogP contribution >= 0.6 is 0 Å². The highest BCUT2D eigenvalue weighted by molar-refractivity contribution is 5.84. The lowest BCUT2D eigenvalue weighted by Crippen LogP contribution is -2.47. The van der Waals surface area contributed by atoms with Crippen LogP contribution in [0.15, 0.2) is 55.0 Å². The third kappa shape index (κ3) is 4.65. The van der Waals surface area contributed by atoms with Gasteiger partial charge in [0.15, 0.2) is 17.0 Å². The third-order valence-corrected chi connectivity index (χ3v) is 6.54. The van der Waals surface area contributed by atoms with Gasteiger partial charge in [0.05, 0.1) is 18.4 Å². The summed E-state index contributed by atoms with van der Waals surface area (Å²) in [5.74, 6) is 2.29. The maximum absolute atomic E-state index is 13.0. The smallest absolute Gasteiger partial charge is 0.365 e. The molecule has 11 heteroatoms. The number of nitrogens with zero attached hydrogens (tertiary/aromatic N) is 7. The van der Waals surface area contributed by atoms with E-state index in [0.29, 0.717) is 35.5 Å². The van der Waals surface area contributed by atoms with Crippen molar-refractivity contribution in [1.82, 2.24) is 24.5 Å². The number of anilines is 3. The highest BCUT2D eigenvalue weighted by Gasteiger charge is 2.30. The molecule has 4 heterocycles. The van der Waals surface area contributed by atoms with Gasteiger partial charge in [-0.05, 0) is 42.7 Å². The molecule has 3 aromatic heterocycles. The third-order valence-electron chi connectivity index (χ3n) is 6.54. The Kier molecular flexibility index (Phi) is 5.62. The molecule has 0 atom stereocenters. The highest BCUT2D eigenvalue weighted by Crippen LogP contribution is 2.31. The molecule has 4 aromatic rings. The molecule has 8 nitrogen and oxygen atoms in total. The molecule has 1 aliphatic carbocycles. The highest BCUT2D eigenvalue weighted by atomic mass is 19.4. The van der Waals surface area contributed by atoms with E-state index in [9.17, 15) is 13.2 Å². The van der Waals surface area contributed by atoms with E-state index in [0.717, 1.165) is 62.5 Å². The molecule has 0 amide bonds. The number of fused-ring (bicyclic) bond motifs is 1. The Morgan fingerprint density at radius 1 is 0.889 bits per heavy atom. The number of hydrogen-bond donors (Lipinski definition) is 1. The van der Waals surface area contributed by atoms with Crippen LogP contribution < -0.4 is 15.1 Å². The molecule has 186 valence electrons. The van der Waals surface area contributed by atoms with Gasteiger partial charge in [-0.25, -0.2) is 9.97 Å². The zero-order chi connectivity index (χ0) is 24.7. The number of benzene rings is 1. The molecule has 6 rings (SSSR count). The Labute approximate surface area is 205 Å². The van der Waals surface area contributed by atoms with Crippen LogP contribution in [-0.4, -0.2) is 56.7 Å². The fourth-order valence-corrected chi connectivity index (χ4v) is 4.38. The van der Waals surface area contributed by atoms with Gasteiger partial charge < -0.3 is 19.7 Å². The molecule has 0 spiro atoms. The van der Waals surface area contributed by atoms with Crippen molar-refractivity contribution >= 4 is 28.7 Å². The van der Waals surface area contributed by atoms with Gasteiger partial charge in [0, 0.05) is 38.4 Å². The monoisotopic (exact) mass is 494 g/mol. The van der Waals surface area contributed by atoms with Gasteiger partial charge in [-0.15, -0.1) is 0 Å². The van der Waals surface area contributed by atoms with Crippen LogP contribution in [0.3, 0.4) is 0 Å². The van der Waals surface area contributed by atoms with Crippen molar-refractivity contribution < 1.29 is 13.2 Å². The maximum Gasteiger partial charge on any atom is 0.416 e. The number of imidazole rings is 1. The van der Waals surface area contributed by atoms with Crippen LogP contribution in [0.1, 0.15) is 24.0 Å². The lowest BCUT2D eigenvalue weighted by atomic mass is 10.1. The molecular formula is C25H25F3N8. The summed E-state index contributed by atoms with van der Waals surface area (Å²) < 4.78 is 40.7. The molecule has 0 unspecified atom stereocenters. The minimum absolute atomic E-state index is 0.363. The topological polar surface area (TPSA) is 75.0 Å². The minimum Gasteiger partial charge on any atom is -0.365 e. The van der Waals surface area contributed by atoms with Crippen molar-refractivity contribution in [3.8, 4) is 0 Å². The Hall–Kier alpha value is -3.89. The molecule has 1 saturated carbocycles. The van der Waals surface area contributed by atoms with Crippen molar-refractivity contribution in [1.29, 1.82) is 0 Å². The van der Waals surface area contributed by atoms with Crippen LogP contribution in [-0.2, 0) is 12.7 Å². The van der Waals surface area contributed by atoms with Crippen molar-refractivity contribution in [3.63, 3.8) is 0 Å². The average molecular weight is 495 g/mol. The van der Waals surface area contributed by atoms with Gasteiger partial charge in [-0.2, -0.15) is 23.1 Å². The predicted molar refractivity (Wildman–Crippen MR) is 131 cm³/mol. The Bertz CT molecular complexity index is 1340. The molecule has 36 heavy (non-hydrogen) atoms. The second kappa shape index (κ2) is 8.96. The van der Waals surface area contributed by atoms with E-state index in [1.807, 2.05) is 22.8 Å². The first kappa shape index (κ1) is 22.6. The molecule has 2 aliphatic rings. The van der Waals surface area contributed by atoms with E-state index < -0.39 is 11.7 Å². The van der Waals surface area contributed by atoms with Gasteiger partial charge in [-0.3, -0.25) is 0 Å². The number of pyridine rings is 1. The molecule has 1 aliphatic heterocycles. The first-order chi connectivity index (χ1) is 17.4. The van der Waals surface area contributed by atoms with Crippen LogP contribution in [0.5, 0.6) is 0 Å². The van der Waals surface area contributed by atoms with Crippen LogP contribution in [0.2, 0.25) is 0 Å². The summed E-state index contributed by atoms with van der Waals surface area (Å²) in [7, 11) is 0. The quantitative estimate of drug-likeness (QED) is 0.431. The second-order valence-corrected chi connectivity index (χ2v) is 9.19. The zero-order valence-corrected chi connectivity index (χ0v) is 19.5. The Balaban J connectivity index is 1.27. The summed E-state index contributed by atoms with van der Waals surface area (Å²) in [6.45, 7) is 3.46. The van der Waals surface area contributed by atoms with Gasteiger partial charge in [-0.1, -0.05) is 18.2 Å². The van der Waals surface area contributed by atoms with E-state index in [1.54, 1.807) is 12.5 Å². The van der Waals surface area contributed by atoms with Crippen molar-refractivity contribution in [2.75, 3.05) is 41.3 Å². The predicted octanol–water partition coefficient (Wildman–Crippen LogP) is 4.19. The lowest BCUT2D eigenvalue weighted by Gasteiger charge is -2.35. The number of hydrogen-bond acceptors (Lipinski definition) is 7. The number of piperazine rings is 1. The molecular weight excluding hydrogens is 469 g/mol. The second-order valence-electron chi connectivity index (χ2n) is 9.19. The van der Waals surface area contributed by atoms with Crippen molar-refractivity contribution in [2.24, 2.45) is 0 Å². The first-order valence-electron chi connectivity index (χ1n) is 12.0. The normalized spacial score (nSPS) is 16.5. The number of aromatic nitrogens is 5. The van der Waals surface area contributed by atoms with Crippen LogP contribution in [0.4, 0.5) is 30.8 Å². The molecule has 1 N–H and O–H groups in total. The van der Waals surface area contributed by atoms with Crippen LogP contribution in [0, 0.1) is 0 Å². The first-order valence-corrected chi connectivity index (χ1v) is 12.0. The molecule has 0 bridgehead atoms. The fraction of sp³-hybridized carbons (Fsp3) is 0.360. The molecule has 0 radical (unpaired) electrons.